The smallest absolute Gasteiger partial charge is 0.358 e. The molecule has 2 aromatic rings. The van der Waals surface area contributed by atoms with E-state index in [0.29, 0.717) is 6.54 Å². The Kier molecular flexibility index (Phi) is 4.93. The molecule has 2 N–H and O–H groups in total. The van der Waals surface area contributed by atoms with E-state index < -0.39 is 5.97 Å². The average Bonchev–Trinajstić information content (AvgIpc) is 3.04. The number of carboxylic acid groups (broad SMARTS) is 1. The molecular weight excluding hydrogens is 316 g/mol. The number of hydrogen-bond acceptors (Lipinski definition) is 4. The number of aromatic nitrogens is 3. The third-order valence-corrected chi connectivity index (χ3v) is 4.68. The van der Waals surface area contributed by atoms with Gasteiger partial charge in [0.1, 0.15) is 0 Å². The summed E-state index contributed by atoms with van der Waals surface area (Å²) >= 11 is 6.20. The predicted molar refractivity (Wildman–Crippen MR) is 86.6 cm³/mol. The Labute approximate surface area is 139 Å². The third kappa shape index (κ3) is 3.71. The Balaban J connectivity index is 1.71. The summed E-state index contributed by atoms with van der Waals surface area (Å²) in [6.07, 6.45) is 5.76. The molecule has 0 bridgehead atoms. The Bertz CT molecular complexity index is 688. The molecule has 1 aromatic carbocycles. The van der Waals surface area contributed by atoms with E-state index in [0.717, 1.165) is 36.3 Å². The molecule has 1 heterocycles. The largest absolute Gasteiger partial charge is 0.476 e. The highest BCUT2D eigenvalue weighted by molar-refractivity contribution is 6.31. The normalized spacial score (nSPS) is 21.3. The van der Waals surface area contributed by atoms with Crippen LogP contribution in [0.15, 0.2) is 30.5 Å². The van der Waals surface area contributed by atoms with Crippen molar-refractivity contribution >= 4 is 17.6 Å². The van der Waals surface area contributed by atoms with Crippen LogP contribution in [0.3, 0.4) is 0 Å². The molecule has 7 heteroatoms. The molecule has 1 fully saturated rings. The fourth-order valence-corrected chi connectivity index (χ4v) is 3.29. The molecule has 2 atom stereocenters. The van der Waals surface area contributed by atoms with Gasteiger partial charge in [0, 0.05) is 17.6 Å². The van der Waals surface area contributed by atoms with E-state index in [-0.39, 0.29) is 17.8 Å². The zero-order valence-corrected chi connectivity index (χ0v) is 13.4. The number of hydrogen-bond donors (Lipinski definition) is 2. The minimum Gasteiger partial charge on any atom is -0.476 e. The molecule has 0 saturated heterocycles. The molecule has 1 aliphatic carbocycles. The summed E-state index contributed by atoms with van der Waals surface area (Å²) in [4.78, 5) is 11.0. The third-order valence-electron chi connectivity index (χ3n) is 4.31. The molecule has 0 spiro atoms. The molecule has 0 unspecified atom stereocenters. The molecule has 122 valence electrons. The number of aromatic carboxylic acids is 1. The Morgan fingerprint density at radius 3 is 2.87 bits per heavy atom. The number of benzene rings is 1. The highest BCUT2D eigenvalue weighted by Crippen LogP contribution is 2.28. The first-order chi connectivity index (χ1) is 11.1. The molecule has 23 heavy (non-hydrogen) atoms. The SMILES string of the molecule is O=C(O)c1cn([C@@H]2CCCC[C@@H]2NCc2ccccc2Cl)nn1. The molecule has 1 aliphatic rings. The van der Waals surface area contributed by atoms with Crippen molar-refractivity contribution in [3.05, 3.63) is 46.7 Å². The molecular formula is C16H19ClN4O2. The maximum absolute atomic E-state index is 11.0. The molecule has 1 aromatic heterocycles. The molecule has 6 nitrogen and oxygen atoms in total. The first kappa shape index (κ1) is 16.0. The van der Waals surface area contributed by atoms with Crippen LogP contribution >= 0.6 is 11.6 Å². The lowest BCUT2D eigenvalue weighted by Gasteiger charge is -2.32. The molecule has 3 rings (SSSR count). The van der Waals surface area contributed by atoms with Crippen molar-refractivity contribution in [2.45, 2.75) is 44.3 Å². The maximum Gasteiger partial charge on any atom is 0.358 e. The van der Waals surface area contributed by atoms with E-state index in [1.165, 1.54) is 6.20 Å². The van der Waals surface area contributed by atoms with E-state index in [1.54, 1.807) is 4.68 Å². The highest BCUT2D eigenvalue weighted by Gasteiger charge is 2.28. The first-order valence-electron chi connectivity index (χ1n) is 7.77. The molecule has 1 saturated carbocycles. The van der Waals surface area contributed by atoms with Crippen molar-refractivity contribution in [3.8, 4) is 0 Å². The van der Waals surface area contributed by atoms with Crippen LogP contribution in [-0.2, 0) is 6.54 Å². The number of carbonyl (C=O) groups is 1. The molecule has 0 radical (unpaired) electrons. The van der Waals surface area contributed by atoms with Gasteiger partial charge in [0.15, 0.2) is 5.69 Å². The maximum atomic E-state index is 11.0. The van der Waals surface area contributed by atoms with Crippen LogP contribution in [0.5, 0.6) is 0 Å². The van der Waals surface area contributed by atoms with E-state index in [1.807, 2.05) is 24.3 Å². The number of carboxylic acids is 1. The fraction of sp³-hybridized carbons (Fsp3) is 0.438. The van der Waals surface area contributed by atoms with E-state index >= 15 is 0 Å². The minimum absolute atomic E-state index is 0.0135. The summed E-state index contributed by atoms with van der Waals surface area (Å²) in [6, 6.07) is 8.12. The van der Waals surface area contributed by atoms with Gasteiger partial charge >= 0.3 is 5.97 Å². The van der Waals surface area contributed by atoms with Gasteiger partial charge in [0.2, 0.25) is 0 Å². The monoisotopic (exact) mass is 334 g/mol. The number of nitrogens with one attached hydrogen (secondary N) is 1. The standard InChI is InChI=1S/C16H19ClN4O2/c17-12-6-2-1-5-11(12)9-18-13-7-3-4-8-15(13)21-10-14(16(22)23)19-20-21/h1-2,5-6,10,13,15,18H,3-4,7-9H2,(H,22,23)/t13-,15+/m0/s1. The second-order valence-electron chi connectivity index (χ2n) is 5.82. The molecule has 0 aliphatic heterocycles. The summed E-state index contributed by atoms with van der Waals surface area (Å²) < 4.78 is 1.69. The van der Waals surface area contributed by atoms with Gasteiger partial charge in [-0.2, -0.15) is 0 Å². The second kappa shape index (κ2) is 7.10. The van der Waals surface area contributed by atoms with E-state index in [2.05, 4.69) is 15.6 Å². The summed E-state index contributed by atoms with van der Waals surface area (Å²) in [7, 11) is 0. The van der Waals surface area contributed by atoms with Crippen LogP contribution in [0.4, 0.5) is 0 Å². The van der Waals surface area contributed by atoms with Crippen molar-refractivity contribution in [1.29, 1.82) is 0 Å². The van der Waals surface area contributed by atoms with Gasteiger partial charge in [-0.15, -0.1) is 5.10 Å². The zero-order valence-electron chi connectivity index (χ0n) is 12.7. The van der Waals surface area contributed by atoms with Crippen molar-refractivity contribution in [2.24, 2.45) is 0 Å². The Hall–Kier alpha value is -1.92. The van der Waals surface area contributed by atoms with Gasteiger partial charge in [-0.3, -0.25) is 0 Å². The van der Waals surface area contributed by atoms with Crippen molar-refractivity contribution in [3.63, 3.8) is 0 Å². The van der Waals surface area contributed by atoms with Crippen LogP contribution in [0.2, 0.25) is 5.02 Å². The van der Waals surface area contributed by atoms with Gasteiger partial charge in [-0.25, -0.2) is 9.48 Å². The Morgan fingerprint density at radius 1 is 1.35 bits per heavy atom. The quantitative estimate of drug-likeness (QED) is 0.878. The van der Waals surface area contributed by atoms with Gasteiger partial charge in [-0.1, -0.05) is 47.9 Å². The van der Waals surface area contributed by atoms with Crippen molar-refractivity contribution < 1.29 is 9.90 Å². The van der Waals surface area contributed by atoms with Crippen LogP contribution in [-0.4, -0.2) is 32.1 Å². The summed E-state index contributed by atoms with van der Waals surface area (Å²) in [5, 5.41) is 21.0. The lowest BCUT2D eigenvalue weighted by molar-refractivity contribution is 0.0690. The van der Waals surface area contributed by atoms with Crippen molar-refractivity contribution in [1.82, 2.24) is 20.3 Å². The number of nitrogens with zero attached hydrogens (tertiary/aromatic N) is 3. The predicted octanol–water partition coefficient (Wildman–Crippen LogP) is 2.90. The van der Waals surface area contributed by atoms with Gasteiger partial charge in [-0.05, 0) is 24.5 Å². The fourth-order valence-electron chi connectivity index (χ4n) is 3.09. The number of halogens is 1. The Morgan fingerprint density at radius 2 is 2.13 bits per heavy atom. The van der Waals surface area contributed by atoms with E-state index in [4.69, 9.17) is 16.7 Å². The van der Waals surface area contributed by atoms with Crippen LogP contribution in [0, 0.1) is 0 Å². The summed E-state index contributed by atoms with van der Waals surface area (Å²) in [5.74, 6) is -1.05. The first-order valence-corrected chi connectivity index (χ1v) is 8.15. The lowest BCUT2D eigenvalue weighted by Crippen LogP contribution is -2.39. The number of rotatable bonds is 5. The van der Waals surface area contributed by atoms with Crippen molar-refractivity contribution in [2.75, 3.05) is 0 Å². The average molecular weight is 335 g/mol. The molecule has 0 amide bonds. The zero-order chi connectivity index (χ0) is 16.2. The summed E-state index contributed by atoms with van der Waals surface area (Å²) in [5.41, 5.74) is 1.05. The van der Waals surface area contributed by atoms with E-state index in [9.17, 15) is 4.79 Å². The van der Waals surface area contributed by atoms with Crippen LogP contribution in [0.1, 0.15) is 47.8 Å². The minimum atomic E-state index is -1.05. The highest BCUT2D eigenvalue weighted by atomic mass is 35.5. The van der Waals surface area contributed by atoms with Gasteiger partial charge in [0.05, 0.1) is 12.2 Å². The lowest BCUT2D eigenvalue weighted by atomic mass is 9.90. The topological polar surface area (TPSA) is 80.0 Å². The van der Waals surface area contributed by atoms with Crippen LogP contribution in [0.25, 0.3) is 0 Å². The second-order valence-corrected chi connectivity index (χ2v) is 6.23. The summed E-state index contributed by atoms with van der Waals surface area (Å²) in [6.45, 7) is 0.682. The van der Waals surface area contributed by atoms with Gasteiger partial charge in [0.25, 0.3) is 0 Å². The van der Waals surface area contributed by atoms with Gasteiger partial charge < -0.3 is 10.4 Å². The van der Waals surface area contributed by atoms with Crippen LogP contribution < -0.4 is 5.32 Å².